The fourth-order valence-electron chi connectivity index (χ4n) is 3.00. The molecule has 2 N–H and O–H groups in total. The van der Waals surface area contributed by atoms with Crippen LogP contribution in [0.25, 0.3) is 0 Å². The summed E-state index contributed by atoms with van der Waals surface area (Å²) in [7, 11) is 1.65. The summed E-state index contributed by atoms with van der Waals surface area (Å²) in [6.45, 7) is -0.201. The van der Waals surface area contributed by atoms with E-state index in [0.29, 0.717) is 23.1 Å². The molecule has 5 nitrogen and oxygen atoms in total. The maximum atomic E-state index is 12.6. The third kappa shape index (κ3) is 7.02. The number of aliphatic imine (C=N–C) groups is 1. The van der Waals surface area contributed by atoms with Gasteiger partial charge in [-0.15, -0.1) is 24.0 Å². The third-order valence-corrected chi connectivity index (χ3v) is 4.72. The van der Waals surface area contributed by atoms with Crippen LogP contribution in [0.5, 0.6) is 5.75 Å². The summed E-state index contributed by atoms with van der Waals surface area (Å²) >= 11 is 5.98. The van der Waals surface area contributed by atoms with Gasteiger partial charge in [-0.2, -0.15) is 8.78 Å². The Morgan fingerprint density at radius 1 is 1.10 bits per heavy atom. The second-order valence-corrected chi connectivity index (χ2v) is 6.89. The monoisotopic (exact) mass is 548 g/mol. The van der Waals surface area contributed by atoms with Crippen LogP contribution in [0.4, 0.5) is 14.5 Å². The van der Waals surface area contributed by atoms with Crippen molar-refractivity contribution in [1.29, 1.82) is 0 Å². The highest BCUT2D eigenvalue weighted by molar-refractivity contribution is 14.0. The van der Waals surface area contributed by atoms with Gasteiger partial charge >= 0.3 is 6.61 Å². The lowest BCUT2D eigenvalue weighted by Crippen LogP contribution is -2.36. The summed E-state index contributed by atoms with van der Waals surface area (Å²) in [6.07, 6.45) is 4.31. The zero-order chi connectivity index (χ0) is 20.6. The molecule has 9 heteroatoms. The highest BCUT2D eigenvalue weighted by Gasteiger charge is 2.11. The largest absolute Gasteiger partial charge is 0.434 e. The topological polar surface area (TPSA) is 48.9 Å². The minimum atomic E-state index is -2.90. The first kappa shape index (κ1) is 24.2. The lowest BCUT2D eigenvalue weighted by Gasteiger charge is -2.18. The number of nitrogens with zero attached hydrogens (tertiary/aromatic N) is 2. The summed E-state index contributed by atoms with van der Waals surface area (Å²) in [5.41, 5.74) is 2.81. The van der Waals surface area contributed by atoms with E-state index in [4.69, 9.17) is 11.6 Å². The van der Waals surface area contributed by atoms with E-state index in [-0.39, 0.29) is 36.3 Å². The van der Waals surface area contributed by atoms with E-state index in [1.807, 2.05) is 0 Å². The quantitative estimate of drug-likeness (QED) is 0.226. The van der Waals surface area contributed by atoms with Gasteiger partial charge in [0, 0.05) is 49.5 Å². The molecule has 1 heterocycles. The predicted octanol–water partition coefficient (Wildman–Crippen LogP) is 4.80. The highest BCUT2D eigenvalue weighted by Crippen LogP contribution is 2.24. The van der Waals surface area contributed by atoms with Crippen LogP contribution in [0.1, 0.15) is 11.1 Å². The van der Waals surface area contributed by atoms with Crippen LogP contribution in [0.15, 0.2) is 59.6 Å². The van der Waals surface area contributed by atoms with Crippen LogP contribution in [-0.2, 0) is 13.1 Å². The van der Waals surface area contributed by atoms with Crippen molar-refractivity contribution < 1.29 is 13.5 Å². The number of rotatable bonds is 7. The molecular weight excluding hydrogens is 525 g/mol. The van der Waals surface area contributed by atoms with Gasteiger partial charge in [-0.05, 0) is 35.9 Å². The molecule has 2 aromatic carbocycles. The minimum Gasteiger partial charge on any atom is -0.434 e. The van der Waals surface area contributed by atoms with Gasteiger partial charge in [0.1, 0.15) is 5.75 Å². The van der Waals surface area contributed by atoms with Gasteiger partial charge < -0.3 is 20.3 Å². The van der Waals surface area contributed by atoms with E-state index in [1.54, 1.807) is 13.1 Å². The van der Waals surface area contributed by atoms with Crippen molar-refractivity contribution in [3.05, 3.63) is 70.8 Å². The van der Waals surface area contributed by atoms with Crippen molar-refractivity contribution in [2.75, 3.05) is 25.0 Å². The number of hydrogen-bond acceptors (Lipinski definition) is 3. The molecule has 0 saturated carbocycles. The van der Waals surface area contributed by atoms with E-state index in [0.717, 1.165) is 18.7 Å². The molecule has 0 aliphatic carbocycles. The fraction of sp³-hybridized carbons (Fsp3) is 0.286. The summed E-state index contributed by atoms with van der Waals surface area (Å²) in [5, 5.41) is 6.75. The molecule has 30 heavy (non-hydrogen) atoms. The Labute approximate surface area is 197 Å². The first-order chi connectivity index (χ1) is 14.0. The van der Waals surface area contributed by atoms with Gasteiger partial charge in [-0.3, -0.25) is 4.99 Å². The molecule has 0 unspecified atom stereocenters. The van der Waals surface area contributed by atoms with E-state index >= 15 is 0 Å². The Morgan fingerprint density at radius 2 is 1.77 bits per heavy atom. The zero-order valence-electron chi connectivity index (χ0n) is 16.4. The van der Waals surface area contributed by atoms with Crippen molar-refractivity contribution in [2.24, 2.45) is 4.99 Å². The Morgan fingerprint density at radius 3 is 2.40 bits per heavy atom. The number of benzene rings is 2. The highest BCUT2D eigenvalue weighted by atomic mass is 127. The number of alkyl halides is 2. The van der Waals surface area contributed by atoms with Gasteiger partial charge in [-0.1, -0.05) is 35.9 Å². The summed E-state index contributed by atoms with van der Waals surface area (Å²) < 4.78 is 29.7. The minimum absolute atomic E-state index is 0. The normalized spacial score (nSPS) is 13.4. The van der Waals surface area contributed by atoms with Gasteiger partial charge in [0.05, 0.1) is 0 Å². The Kier molecular flexibility index (Phi) is 9.64. The number of anilines is 1. The molecular formula is C21H24ClF2IN4O. The predicted molar refractivity (Wildman–Crippen MR) is 128 cm³/mol. The number of ether oxygens (including phenoxy) is 1. The standard InChI is InChI=1S/C21H23ClF2N4O.HI/c1-25-21(27-14-16-12-17(22)6-9-19(16)29-20(23)24)26-13-15-4-7-18(8-5-15)28-10-2-3-11-28;/h2-9,12,20H,10-11,13-14H2,1H3,(H2,25,26,27);1H. The second kappa shape index (κ2) is 11.9. The maximum Gasteiger partial charge on any atom is 0.387 e. The van der Waals surface area contributed by atoms with E-state index in [9.17, 15) is 8.78 Å². The molecule has 0 aromatic heterocycles. The molecule has 0 bridgehead atoms. The van der Waals surface area contributed by atoms with Crippen molar-refractivity contribution >= 4 is 47.2 Å². The van der Waals surface area contributed by atoms with E-state index in [1.165, 1.54) is 17.8 Å². The zero-order valence-corrected chi connectivity index (χ0v) is 19.5. The molecule has 1 aliphatic heterocycles. The molecule has 3 rings (SSSR count). The molecule has 0 spiro atoms. The number of nitrogens with one attached hydrogen (secondary N) is 2. The van der Waals surface area contributed by atoms with Crippen molar-refractivity contribution in [3.8, 4) is 5.75 Å². The van der Waals surface area contributed by atoms with E-state index < -0.39 is 6.61 Å². The summed E-state index contributed by atoms with van der Waals surface area (Å²) in [6, 6.07) is 12.9. The first-order valence-electron chi connectivity index (χ1n) is 9.22. The molecule has 162 valence electrons. The molecule has 0 atom stereocenters. The number of guanidine groups is 1. The Hall–Kier alpha value is -2.07. The summed E-state index contributed by atoms with van der Waals surface area (Å²) in [4.78, 5) is 6.45. The first-order valence-corrected chi connectivity index (χ1v) is 9.59. The van der Waals surface area contributed by atoms with Crippen molar-refractivity contribution in [1.82, 2.24) is 10.6 Å². The lowest BCUT2D eigenvalue weighted by atomic mass is 10.2. The average molecular weight is 549 g/mol. The van der Waals surface area contributed by atoms with Crippen LogP contribution in [0.2, 0.25) is 5.02 Å². The van der Waals surface area contributed by atoms with Crippen molar-refractivity contribution in [3.63, 3.8) is 0 Å². The smallest absolute Gasteiger partial charge is 0.387 e. The molecule has 0 amide bonds. The molecule has 0 saturated heterocycles. The number of halogens is 4. The number of hydrogen-bond donors (Lipinski definition) is 2. The second-order valence-electron chi connectivity index (χ2n) is 6.45. The van der Waals surface area contributed by atoms with Crippen LogP contribution in [0, 0.1) is 0 Å². The SMILES string of the molecule is CN=C(NCc1ccc(N2CC=CC2)cc1)NCc1cc(Cl)ccc1OC(F)F.I. The van der Waals surface area contributed by atoms with Crippen LogP contribution < -0.4 is 20.3 Å². The van der Waals surface area contributed by atoms with Gasteiger partial charge in [-0.25, -0.2) is 0 Å². The molecule has 0 radical (unpaired) electrons. The van der Waals surface area contributed by atoms with Crippen molar-refractivity contribution in [2.45, 2.75) is 19.7 Å². The van der Waals surface area contributed by atoms with E-state index in [2.05, 4.69) is 61.7 Å². The van der Waals surface area contributed by atoms with Gasteiger partial charge in [0.15, 0.2) is 5.96 Å². The molecule has 2 aromatic rings. The third-order valence-electron chi connectivity index (χ3n) is 4.49. The molecule has 0 fully saturated rings. The van der Waals surface area contributed by atoms with Gasteiger partial charge in [0.2, 0.25) is 0 Å². The van der Waals surface area contributed by atoms with Crippen LogP contribution in [0.3, 0.4) is 0 Å². The average Bonchev–Trinajstić information content (AvgIpc) is 3.25. The maximum absolute atomic E-state index is 12.6. The lowest BCUT2D eigenvalue weighted by molar-refractivity contribution is -0.0504. The fourth-order valence-corrected chi connectivity index (χ4v) is 3.19. The van der Waals surface area contributed by atoms with Crippen LogP contribution >= 0.6 is 35.6 Å². The van der Waals surface area contributed by atoms with Crippen LogP contribution in [-0.4, -0.2) is 32.7 Å². The summed E-state index contributed by atoms with van der Waals surface area (Å²) in [5.74, 6) is 0.625. The Bertz CT molecular complexity index is 870. The molecule has 1 aliphatic rings. The Balaban J connectivity index is 0.00000320. The van der Waals surface area contributed by atoms with Gasteiger partial charge in [0.25, 0.3) is 0 Å².